The molecule has 0 saturated carbocycles. The van der Waals surface area contributed by atoms with E-state index < -0.39 is 42.6 Å². The molecular weight excluding hydrogens is 476 g/mol. The number of aliphatic hydroxyl groups is 2. The predicted octanol–water partition coefficient (Wildman–Crippen LogP) is 1.69. The summed E-state index contributed by atoms with van der Waals surface area (Å²) in [6.07, 6.45) is -0.228. The van der Waals surface area contributed by atoms with Gasteiger partial charge in [-0.2, -0.15) is 0 Å². The number of benzene rings is 2. The monoisotopic (exact) mass is 506 g/mol. The van der Waals surface area contributed by atoms with Crippen LogP contribution in [0.25, 0.3) is 0 Å². The standard InChI is InChI=1S/C25H30O11/c1-17(24(31)32)16-34-21-7-3-5-19(15-21)25(35-12-9-26,36-13-10-27)23(30)18-4-2-6-20(14-18)33-11-8-22(28)29/h2-7,14-15,17,26-27H,8-13,16H2,1H3,(H,28,29)(H,31,32). The van der Waals surface area contributed by atoms with Crippen LogP contribution in [0.2, 0.25) is 0 Å². The van der Waals surface area contributed by atoms with Crippen molar-refractivity contribution < 1.29 is 53.8 Å². The van der Waals surface area contributed by atoms with Gasteiger partial charge in [0, 0.05) is 11.1 Å². The van der Waals surface area contributed by atoms with Gasteiger partial charge in [-0.1, -0.05) is 24.3 Å². The van der Waals surface area contributed by atoms with Crippen molar-refractivity contribution in [3.8, 4) is 11.5 Å². The fourth-order valence-corrected chi connectivity index (χ4v) is 3.11. The van der Waals surface area contributed by atoms with Crippen molar-refractivity contribution in [2.45, 2.75) is 19.1 Å². The number of rotatable bonds is 17. The Bertz CT molecular complexity index is 1010. The third kappa shape index (κ3) is 8.02. The van der Waals surface area contributed by atoms with E-state index in [1.165, 1.54) is 31.2 Å². The zero-order chi connectivity index (χ0) is 26.6. The molecule has 0 spiro atoms. The first kappa shape index (κ1) is 28.7. The van der Waals surface area contributed by atoms with Gasteiger partial charge in [-0.25, -0.2) is 0 Å². The van der Waals surface area contributed by atoms with E-state index in [-0.39, 0.29) is 55.5 Å². The predicted molar refractivity (Wildman–Crippen MR) is 125 cm³/mol. The van der Waals surface area contributed by atoms with Crippen LogP contribution in [0.1, 0.15) is 29.3 Å². The Kier molecular flexibility index (Phi) is 11.3. The smallest absolute Gasteiger partial charge is 0.309 e. The van der Waals surface area contributed by atoms with E-state index in [0.29, 0.717) is 0 Å². The SMILES string of the molecule is CC(COc1cccc(C(OCCO)(OCCO)C(=O)c2cccc(OCCC(=O)O)c2)c1)C(=O)O. The Morgan fingerprint density at radius 1 is 0.861 bits per heavy atom. The number of aliphatic hydroxyl groups excluding tert-OH is 2. The average Bonchev–Trinajstić information content (AvgIpc) is 2.87. The number of carboxylic acids is 2. The van der Waals surface area contributed by atoms with E-state index in [1.54, 1.807) is 24.3 Å². The molecule has 1 atom stereocenters. The summed E-state index contributed by atoms with van der Waals surface area (Å²) in [6.45, 7) is -0.163. The lowest BCUT2D eigenvalue weighted by molar-refractivity contribution is -0.216. The van der Waals surface area contributed by atoms with Crippen LogP contribution in [-0.2, 0) is 24.8 Å². The highest BCUT2D eigenvalue weighted by molar-refractivity contribution is 6.02. The minimum atomic E-state index is -2.09. The van der Waals surface area contributed by atoms with Crippen LogP contribution in [0, 0.1) is 5.92 Å². The van der Waals surface area contributed by atoms with Crippen LogP contribution in [0.15, 0.2) is 48.5 Å². The number of Topliss-reactive ketones (excluding diaryl/α,β-unsaturated/α-hetero) is 1. The van der Waals surface area contributed by atoms with E-state index in [2.05, 4.69) is 0 Å². The maximum Gasteiger partial charge on any atom is 0.309 e. The van der Waals surface area contributed by atoms with E-state index in [1.807, 2.05) is 0 Å². The number of carboxylic acid groups (broad SMARTS) is 2. The Labute approximate surface area is 207 Å². The highest BCUT2D eigenvalue weighted by Crippen LogP contribution is 2.34. The molecule has 11 heteroatoms. The maximum absolute atomic E-state index is 13.8. The summed E-state index contributed by atoms with van der Waals surface area (Å²) in [5.74, 6) is -5.11. The third-order valence-corrected chi connectivity index (χ3v) is 4.91. The van der Waals surface area contributed by atoms with Crippen molar-refractivity contribution in [1.82, 2.24) is 0 Å². The van der Waals surface area contributed by atoms with Crippen molar-refractivity contribution in [2.24, 2.45) is 5.92 Å². The lowest BCUT2D eigenvalue weighted by Crippen LogP contribution is -2.43. The fourth-order valence-electron chi connectivity index (χ4n) is 3.11. The molecule has 2 aromatic rings. The molecule has 0 bridgehead atoms. The molecule has 0 fully saturated rings. The number of carbonyl (C=O) groups excluding carboxylic acids is 1. The Morgan fingerprint density at radius 3 is 2.06 bits per heavy atom. The summed E-state index contributed by atoms with van der Waals surface area (Å²) in [4.78, 5) is 35.7. The number of aliphatic carboxylic acids is 2. The zero-order valence-corrected chi connectivity index (χ0v) is 19.8. The second kappa shape index (κ2) is 14.1. The zero-order valence-electron chi connectivity index (χ0n) is 19.8. The first-order valence-electron chi connectivity index (χ1n) is 11.2. The summed E-state index contributed by atoms with van der Waals surface area (Å²) in [5.41, 5.74) is 0.289. The molecule has 1 unspecified atom stereocenters. The van der Waals surface area contributed by atoms with Crippen LogP contribution in [0.5, 0.6) is 11.5 Å². The van der Waals surface area contributed by atoms with Gasteiger partial charge in [-0.05, 0) is 31.2 Å². The molecule has 0 aliphatic carbocycles. The van der Waals surface area contributed by atoms with Crippen molar-refractivity contribution >= 4 is 17.7 Å². The quantitative estimate of drug-likeness (QED) is 0.182. The van der Waals surface area contributed by atoms with Crippen LogP contribution in [0.4, 0.5) is 0 Å². The lowest BCUT2D eigenvalue weighted by atomic mass is 9.95. The largest absolute Gasteiger partial charge is 0.493 e. The molecule has 0 aliphatic heterocycles. The summed E-state index contributed by atoms with van der Waals surface area (Å²) in [7, 11) is 0. The highest BCUT2D eigenvalue weighted by Gasteiger charge is 2.44. The molecule has 0 aliphatic rings. The van der Waals surface area contributed by atoms with Gasteiger partial charge in [-0.15, -0.1) is 0 Å². The maximum atomic E-state index is 13.8. The molecule has 0 heterocycles. The van der Waals surface area contributed by atoms with Gasteiger partial charge >= 0.3 is 11.9 Å². The highest BCUT2D eigenvalue weighted by atomic mass is 16.7. The average molecular weight is 507 g/mol. The van der Waals surface area contributed by atoms with Crippen molar-refractivity contribution in [3.63, 3.8) is 0 Å². The molecule has 0 saturated heterocycles. The minimum absolute atomic E-state index is 0.101. The molecule has 36 heavy (non-hydrogen) atoms. The molecule has 0 radical (unpaired) electrons. The molecule has 196 valence electrons. The summed E-state index contributed by atoms with van der Waals surface area (Å²) in [6, 6.07) is 12.1. The van der Waals surface area contributed by atoms with Gasteiger partial charge in [0.2, 0.25) is 5.78 Å². The molecule has 4 N–H and O–H groups in total. The van der Waals surface area contributed by atoms with Crippen LogP contribution in [0.3, 0.4) is 0 Å². The summed E-state index contributed by atoms with van der Waals surface area (Å²) < 4.78 is 22.5. The van der Waals surface area contributed by atoms with Crippen molar-refractivity contribution in [1.29, 1.82) is 0 Å². The van der Waals surface area contributed by atoms with Crippen molar-refractivity contribution in [3.05, 3.63) is 59.7 Å². The Balaban J connectivity index is 2.45. The second-order valence-corrected chi connectivity index (χ2v) is 7.69. The summed E-state index contributed by atoms with van der Waals surface area (Å²) >= 11 is 0. The topological polar surface area (TPSA) is 169 Å². The number of hydrogen-bond acceptors (Lipinski definition) is 9. The van der Waals surface area contributed by atoms with Gasteiger partial charge in [0.15, 0.2) is 0 Å². The second-order valence-electron chi connectivity index (χ2n) is 7.69. The van der Waals surface area contributed by atoms with E-state index in [9.17, 15) is 24.6 Å². The number of ether oxygens (including phenoxy) is 4. The minimum Gasteiger partial charge on any atom is -0.493 e. The first-order chi connectivity index (χ1) is 17.2. The first-order valence-corrected chi connectivity index (χ1v) is 11.2. The van der Waals surface area contributed by atoms with E-state index in [0.717, 1.165) is 0 Å². The summed E-state index contributed by atoms with van der Waals surface area (Å²) in [5, 5.41) is 36.7. The Hall–Kier alpha value is -3.51. The molecule has 11 nitrogen and oxygen atoms in total. The van der Waals surface area contributed by atoms with Crippen molar-refractivity contribution in [2.75, 3.05) is 39.6 Å². The lowest BCUT2D eigenvalue weighted by Gasteiger charge is -2.33. The molecule has 0 amide bonds. The van der Waals surface area contributed by atoms with Gasteiger partial charge in [0.1, 0.15) is 18.1 Å². The van der Waals surface area contributed by atoms with Crippen LogP contribution >= 0.6 is 0 Å². The van der Waals surface area contributed by atoms with E-state index >= 15 is 0 Å². The van der Waals surface area contributed by atoms with Gasteiger partial charge in [0.25, 0.3) is 5.79 Å². The van der Waals surface area contributed by atoms with Crippen LogP contribution < -0.4 is 9.47 Å². The molecule has 0 aromatic heterocycles. The fraction of sp³-hybridized carbons (Fsp3) is 0.400. The van der Waals surface area contributed by atoms with E-state index in [4.69, 9.17) is 29.2 Å². The molecule has 2 rings (SSSR count). The van der Waals surface area contributed by atoms with Gasteiger partial charge in [-0.3, -0.25) is 14.4 Å². The number of hydrogen-bond donors (Lipinski definition) is 4. The normalized spacial score (nSPS) is 12.1. The van der Waals surface area contributed by atoms with Gasteiger partial charge in [0.05, 0.1) is 45.4 Å². The van der Waals surface area contributed by atoms with Gasteiger partial charge < -0.3 is 39.4 Å². The third-order valence-electron chi connectivity index (χ3n) is 4.91. The molecular formula is C25H30O11. The number of ketones is 1. The molecule has 2 aromatic carbocycles. The van der Waals surface area contributed by atoms with Crippen LogP contribution in [-0.4, -0.2) is 77.8 Å². The number of carbonyl (C=O) groups is 3. The Morgan fingerprint density at radius 2 is 1.47 bits per heavy atom.